The molecular weight excluding hydrogens is 309 g/mol. The molecule has 1 heterocycles. The zero-order chi connectivity index (χ0) is 15.5. The van der Waals surface area contributed by atoms with Crippen LogP contribution in [0.3, 0.4) is 0 Å². The number of nitrogens with zero attached hydrogens (tertiary/aromatic N) is 1. The molecule has 0 saturated heterocycles. The summed E-state index contributed by atoms with van der Waals surface area (Å²) in [5.74, 6) is 0.658. The van der Waals surface area contributed by atoms with E-state index in [1.807, 2.05) is 0 Å². The van der Waals surface area contributed by atoms with Gasteiger partial charge >= 0.3 is 6.18 Å². The van der Waals surface area contributed by atoms with Gasteiger partial charge in [0.05, 0.1) is 12.1 Å². The number of aromatic nitrogens is 2. The summed E-state index contributed by atoms with van der Waals surface area (Å²) in [6.45, 7) is 0.0435. The zero-order valence-corrected chi connectivity index (χ0v) is 11.4. The van der Waals surface area contributed by atoms with Crippen LogP contribution < -0.4 is 4.74 Å². The Kier molecular flexibility index (Phi) is 4.74. The minimum absolute atomic E-state index is 0.0435. The van der Waals surface area contributed by atoms with Crippen LogP contribution in [0.5, 0.6) is 5.75 Å². The average molecular weight is 321 g/mol. The molecule has 0 aliphatic carbocycles. The van der Waals surface area contributed by atoms with Crippen molar-refractivity contribution in [2.75, 3.05) is 12.5 Å². The molecule has 114 valence electrons. The van der Waals surface area contributed by atoms with Crippen molar-refractivity contribution in [3.8, 4) is 17.1 Å². The van der Waals surface area contributed by atoms with Crippen LogP contribution in [0, 0.1) is 0 Å². The SMILES string of the molecule is O[C@@H](CCl)COc1ccc(-c2ncc(C(F)(F)F)[nH]2)cc1. The molecule has 0 radical (unpaired) electrons. The number of H-pyrrole nitrogens is 1. The Balaban J connectivity index is 2.07. The number of imidazole rings is 1. The Hall–Kier alpha value is -1.73. The summed E-state index contributed by atoms with van der Waals surface area (Å²) in [4.78, 5) is 5.91. The van der Waals surface area contributed by atoms with E-state index >= 15 is 0 Å². The monoisotopic (exact) mass is 320 g/mol. The number of aromatic amines is 1. The first-order valence-electron chi connectivity index (χ1n) is 5.99. The molecule has 1 atom stereocenters. The summed E-state index contributed by atoms with van der Waals surface area (Å²) in [6.07, 6.45) is -4.48. The predicted molar refractivity (Wildman–Crippen MR) is 71.2 cm³/mol. The van der Waals surface area contributed by atoms with Gasteiger partial charge in [-0.2, -0.15) is 13.2 Å². The number of hydrogen-bond donors (Lipinski definition) is 2. The van der Waals surface area contributed by atoms with E-state index in [2.05, 4.69) is 9.97 Å². The van der Waals surface area contributed by atoms with E-state index in [0.29, 0.717) is 11.3 Å². The van der Waals surface area contributed by atoms with Gasteiger partial charge in [-0.1, -0.05) is 0 Å². The Bertz CT molecular complexity index is 584. The highest BCUT2D eigenvalue weighted by atomic mass is 35.5. The van der Waals surface area contributed by atoms with Crippen molar-refractivity contribution < 1.29 is 23.0 Å². The standard InChI is InChI=1S/C13H12ClF3N2O2/c14-5-9(20)7-21-10-3-1-8(2-4-10)12-18-6-11(19-12)13(15,16)17/h1-4,6,9,20H,5,7H2,(H,18,19)/t9-/m0/s1. The number of alkyl halides is 4. The lowest BCUT2D eigenvalue weighted by Gasteiger charge is -2.09. The summed E-state index contributed by atoms with van der Waals surface area (Å²) < 4.78 is 42.7. The highest BCUT2D eigenvalue weighted by molar-refractivity contribution is 6.18. The maximum absolute atomic E-state index is 12.5. The number of hydrogen-bond acceptors (Lipinski definition) is 3. The van der Waals surface area contributed by atoms with Crippen molar-refractivity contribution in [2.24, 2.45) is 0 Å². The van der Waals surface area contributed by atoms with Crippen molar-refractivity contribution in [3.63, 3.8) is 0 Å². The van der Waals surface area contributed by atoms with Crippen molar-refractivity contribution >= 4 is 11.6 Å². The Morgan fingerprint density at radius 3 is 2.48 bits per heavy atom. The molecule has 4 nitrogen and oxygen atoms in total. The van der Waals surface area contributed by atoms with Gasteiger partial charge < -0.3 is 14.8 Å². The second-order valence-corrected chi connectivity index (χ2v) is 4.60. The summed E-state index contributed by atoms with van der Waals surface area (Å²) >= 11 is 5.43. The fraction of sp³-hybridized carbons (Fsp3) is 0.308. The lowest BCUT2D eigenvalue weighted by Crippen LogP contribution is -2.18. The highest BCUT2D eigenvalue weighted by Crippen LogP contribution is 2.29. The van der Waals surface area contributed by atoms with Crippen LogP contribution in [-0.2, 0) is 6.18 Å². The number of nitrogens with one attached hydrogen (secondary N) is 1. The molecule has 2 aromatic rings. The maximum Gasteiger partial charge on any atom is 0.432 e. The number of aliphatic hydroxyl groups is 1. The third-order valence-electron chi connectivity index (χ3n) is 2.63. The minimum atomic E-state index is -4.45. The van der Waals surface area contributed by atoms with Gasteiger partial charge in [0.25, 0.3) is 0 Å². The van der Waals surface area contributed by atoms with Crippen molar-refractivity contribution in [3.05, 3.63) is 36.2 Å². The summed E-state index contributed by atoms with van der Waals surface area (Å²) in [5, 5.41) is 9.25. The first-order valence-corrected chi connectivity index (χ1v) is 6.53. The minimum Gasteiger partial charge on any atom is -0.491 e. The van der Waals surface area contributed by atoms with Crippen molar-refractivity contribution in [2.45, 2.75) is 12.3 Å². The Labute approximate surface area is 123 Å². The molecule has 0 unspecified atom stereocenters. The van der Waals surface area contributed by atoms with Crippen molar-refractivity contribution in [1.29, 1.82) is 0 Å². The number of halogens is 4. The lowest BCUT2D eigenvalue weighted by molar-refractivity contribution is -0.140. The molecule has 2 rings (SSSR count). The normalized spacial score (nSPS) is 13.2. The van der Waals surface area contributed by atoms with Crippen LogP contribution in [0.25, 0.3) is 11.4 Å². The fourth-order valence-electron chi connectivity index (χ4n) is 1.56. The highest BCUT2D eigenvalue weighted by Gasteiger charge is 2.33. The van der Waals surface area contributed by atoms with Crippen LogP contribution in [0.4, 0.5) is 13.2 Å². The fourth-order valence-corrected chi connectivity index (χ4v) is 1.65. The number of aliphatic hydroxyl groups excluding tert-OH is 1. The molecular formula is C13H12ClF3N2O2. The third-order valence-corrected chi connectivity index (χ3v) is 2.99. The van der Waals surface area contributed by atoms with Crippen LogP contribution >= 0.6 is 11.6 Å². The second kappa shape index (κ2) is 6.36. The van der Waals surface area contributed by atoms with E-state index in [-0.39, 0.29) is 18.3 Å². The van der Waals surface area contributed by atoms with E-state index in [9.17, 15) is 18.3 Å². The van der Waals surface area contributed by atoms with Crippen LogP contribution in [0.15, 0.2) is 30.5 Å². The summed E-state index contributed by atoms with van der Waals surface area (Å²) in [6, 6.07) is 6.29. The largest absolute Gasteiger partial charge is 0.491 e. The van der Waals surface area contributed by atoms with Gasteiger partial charge in [-0.05, 0) is 24.3 Å². The van der Waals surface area contributed by atoms with E-state index in [1.165, 1.54) is 0 Å². The van der Waals surface area contributed by atoms with E-state index in [4.69, 9.17) is 16.3 Å². The molecule has 0 aliphatic rings. The van der Waals surface area contributed by atoms with E-state index < -0.39 is 18.0 Å². The predicted octanol–water partition coefficient (Wildman–Crippen LogP) is 3.07. The second-order valence-electron chi connectivity index (χ2n) is 4.29. The first kappa shape index (κ1) is 15.7. The molecule has 0 aliphatic heterocycles. The van der Waals surface area contributed by atoms with Gasteiger partial charge in [0.15, 0.2) is 0 Å². The smallest absolute Gasteiger partial charge is 0.432 e. The zero-order valence-electron chi connectivity index (χ0n) is 10.7. The van der Waals surface area contributed by atoms with Crippen LogP contribution in [0.2, 0.25) is 0 Å². The quantitative estimate of drug-likeness (QED) is 0.832. The molecule has 0 fully saturated rings. The Morgan fingerprint density at radius 1 is 1.29 bits per heavy atom. The van der Waals surface area contributed by atoms with Gasteiger partial charge in [0.1, 0.15) is 30.0 Å². The molecule has 2 N–H and O–H groups in total. The molecule has 0 bridgehead atoms. The van der Waals surface area contributed by atoms with Gasteiger partial charge in [-0.15, -0.1) is 11.6 Å². The molecule has 21 heavy (non-hydrogen) atoms. The topological polar surface area (TPSA) is 58.1 Å². The van der Waals surface area contributed by atoms with Gasteiger partial charge in [-0.25, -0.2) is 4.98 Å². The molecule has 0 saturated carbocycles. The summed E-state index contributed by atoms with van der Waals surface area (Å²) in [7, 11) is 0. The summed E-state index contributed by atoms with van der Waals surface area (Å²) in [5.41, 5.74) is -0.404. The van der Waals surface area contributed by atoms with Crippen LogP contribution in [-0.4, -0.2) is 33.7 Å². The molecule has 8 heteroatoms. The van der Waals surface area contributed by atoms with Gasteiger partial charge in [0, 0.05) is 5.56 Å². The van der Waals surface area contributed by atoms with E-state index in [1.54, 1.807) is 24.3 Å². The van der Waals surface area contributed by atoms with Gasteiger partial charge in [0.2, 0.25) is 0 Å². The third kappa shape index (κ3) is 4.12. The number of rotatable bonds is 5. The lowest BCUT2D eigenvalue weighted by atomic mass is 10.2. The molecule has 1 aromatic carbocycles. The maximum atomic E-state index is 12.5. The van der Waals surface area contributed by atoms with Crippen molar-refractivity contribution in [1.82, 2.24) is 9.97 Å². The van der Waals surface area contributed by atoms with Crippen LogP contribution in [0.1, 0.15) is 5.69 Å². The van der Waals surface area contributed by atoms with E-state index in [0.717, 1.165) is 6.20 Å². The number of ether oxygens (including phenoxy) is 1. The number of benzene rings is 1. The average Bonchev–Trinajstić information content (AvgIpc) is 2.95. The first-order chi connectivity index (χ1) is 9.90. The Morgan fingerprint density at radius 2 is 1.95 bits per heavy atom. The molecule has 0 spiro atoms. The molecule has 0 amide bonds. The van der Waals surface area contributed by atoms with Gasteiger partial charge in [-0.3, -0.25) is 0 Å². The molecule has 1 aromatic heterocycles.